The van der Waals surface area contributed by atoms with Crippen LogP contribution in [0.1, 0.15) is 43.2 Å². The third-order valence-electron chi connectivity index (χ3n) is 6.42. The molecule has 9 heteroatoms. The van der Waals surface area contributed by atoms with Crippen molar-refractivity contribution in [3.8, 4) is 11.1 Å². The van der Waals surface area contributed by atoms with Gasteiger partial charge in [-0.05, 0) is 72.2 Å². The van der Waals surface area contributed by atoms with Crippen molar-refractivity contribution in [3.63, 3.8) is 0 Å². The van der Waals surface area contributed by atoms with Gasteiger partial charge in [-0.25, -0.2) is 22.7 Å². The van der Waals surface area contributed by atoms with E-state index < -0.39 is 22.2 Å². The van der Waals surface area contributed by atoms with Gasteiger partial charge in [0.15, 0.2) is 6.29 Å². The van der Waals surface area contributed by atoms with Crippen molar-refractivity contribution in [2.24, 2.45) is 0 Å². The van der Waals surface area contributed by atoms with Gasteiger partial charge >= 0.3 is 0 Å². The molecule has 3 aromatic rings. The standard InChI is InChI=1S/C28H31N3O5S/c32-27(30-36-28-6-1-2-17-35-28)14-9-22-15-16-31(20-22)37(33,34)26-5-3-4-24(18-26)23-10-7-21(8-11-23)19-29-25-12-13-25/h3-5,7-11,14-16,18,20,25,28-29H,1-2,6,12-13,17,19H2,(H,30,32)/b14-9+. The number of nitrogens with zero attached hydrogens (tertiary/aromatic N) is 1. The molecule has 1 unspecified atom stereocenters. The zero-order chi connectivity index (χ0) is 25.7. The molecule has 5 rings (SSSR count). The van der Waals surface area contributed by atoms with E-state index >= 15 is 0 Å². The van der Waals surface area contributed by atoms with Gasteiger partial charge in [0.2, 0.25) is 0 Å². The fourth-order valence-electron chi connectivity index (χ4n) is 4.10. The molecule has 2 aromatic carbocycles. The number of amides is 1. The van der Waals surface area contributed by atoms with E-state index in [4.69, 9.17) is 9.57 Å². The number of rotatable bonds is 10. The van der Waals surface area contributed by atoms with Crippen LogP contribution in [0, 0.1) is 0 Å². The molecule has 1 aromatic heterocycles. The minimum atomic E-state index is -3.80. The lowest BCUT2D eigenvalue weighted by molar-refractivity contribution is -0.198. The van der Waals surface area contributed by atoms with E-state index in [9.17, 15) is 13.2 Å². The molecular weight excluding hydrogens is 490 g/mol. The van der Waals surface area contributed by atoms with Gasteiger partial charge in [0.25, 0.3) is 15.9 Å². The Morgan fingerprint density at radius 2 is 1.89 bits per heavy atom. The summed E-state index contributed by atoms with van der Waals surface area (Å²) in [6.45, 7) is 1.46. The highest BCUT2D eigenvalue weighted by Crippen LogP contribution is 2.25. The van der Waals surface area contributed by atoms with Crippen LogP contribution in [0.15, 0.2) is 78.0 Å². The van der Waals surface area contributed by atoms with Gasteiger partial charge in [0.05, 0.1) is 4.90 Å². The predicted molar refractivity (Wildman–Crippen MR) is 141 cm³/mol. The Bertz CT molecular complexity index is 1350. The van der Waals surface area contributed by atoms with Crippen LogP contribution in [0.2, 0.25) is 0 Å². The van der Waals surface area contributed by atoms with E-state index in [1.165, 1.54) is 43.0 Å². The van der Waals surface area contributed by atoms with Crippen LogP contribution >= 0.6 is 0 Å². The fraction of sp³-hybridized carbons (Fsp3) is 0.321. The molecule has 1 amide bonds. The Morgan fingerprint density at radius 3 is 2.65 bits per heavy atom. The highest BCUT2D eigenvalue weighted by Gasteiger charge is 2.20. The average Bonchev–Trinajstić information content (AvgIpc) is 3.64. The van der Waals surface area contributed by atoms with Gasteiger partial charge in [-0.15, -0.1) is 0 Å². The molecule has 1 aliphatic heterocycles. The summed E-state index contributed by atoms with van der Waals surface area (Å²) >= 11 is 0. The Labute approximate surface area is 217 Å². The second-order valence-corrected chi connectivity index (χ2v) is 11.2. The van der Waals surface area contributed by atoms with Gasteiger partial charge in [-0.3, -0.25) is 4.79 Å². The molecule has 2 fully saturated rings. The van der Waals surface area contributed by atoms with Gasteiger partial charge in [0, 0.05) is 44.1 Å². The Balaban J connectivity index is 1.22. The number of ether oxygens (including phenoxy) is 1. The van der Waals surface area contributed by atoms with Crippen molar-refractivity contribution in [2.45, 2.75) is 55.9 Å². The second kappa shape index (κ2) is 11.4. The average molecular weight is 522 g/mol. The second-order valence-electron chi connectivity index (χ2n) is 9.37. The summed E-state index contributed by atoms with van der Waals surface area (Å²) in [5.41, 5.74) is 5.90. The summed E-state index contributed by atoms with van der Waals surface area (Å²) in [5, 5.41) is 3.50. The summed E-state index contributed by atoms with van der Waals surface area (Å²) in [5.74, 6) is -0.452. The monoisotopic (exact) mass is 521 g/mol. The van der Waals surface area contributed by atoms with E-state index in [0.29, 0.717) is 18.2 Å². The lowest BCUT2D eigenvalue weighted by Gasteiger charge is -2.21. The van der Waals surface area contributed by atoms with Crippen LogP contribution in [0.25, 0.3) is 17.2 Å². The fourth-order valence-corrected chi connectivity index (χ4v) is 5.35. The molecule has 0 bridgehead atoms. The molecular formula is C28H31N3O5S. The van der Waals surface area contributed by atoms with E-state index in [1.807, 2.05) is 18.2 Å². The first-order valence-electron chi connectivity index (χ1n) is 12.6. The zero-order valence-corrected chi connectivity index (χ0v) is 21.3. The molecule has 2 N–H and O–H groups in total. The molecule has 1 atom stereocenters. The molecule has 0 spiro atoms. The topological polar surface area (TPSA) is 98.7 Å². The van der Waals surface area contributed by atoms with Crippen molar-refractivity contribution in [2.75, 3.05) is 6.61 Å². The van der Waals surface area contributed by atoms with Crippen LogP contribution in [0.3, 0.4) is 0 Å². The highest BCUT2D eigenvalue weighted by atomic mass is 32.2. The Kier molecular flexibility index (Phi) is 7.85. The summed E-state index contributed by atoms with van der Waals surface area (Å²) in [6.07, 6.45) is 10.5. The van der Waals surface area contributed by atoms with E-state index in [1.54, 1.807) is 24.3 Å². The van der Waals surface area contributed by atoms with Crippen LogP contribution < -0.4 is 10.8 Å². The van der Waals surface area contributed by atoms with Crippen molar-refractivity contribution in [1.29, 1.82) is 0 Å². The maximum Gasteiger partial charge on any atom is 0.267 e. The minimum absolute atomic E-state index is 0.189. The number of benzene rings is 2. The summed E-state index contributed by atoms with van der Waals surface area (Å²) in [7, 11) is -3.80. The molecule has 2 heterocycles. The maximum atomic E-state index is 13.3. The number of nitrogens with one attached hydrogen (secondary N) is 2. The Morgan fingerprint density at radius 1 is 1.05 bits per heavy atom. The van der Waals surface area contributed by atoms with Crippen molar-refractivity contribution in [3.05, 3.63) is 84.2 Å². The number of carbonyl (C=O) groups excluding carboxylic acids is 1. The number of hydrogen-bond acceptors (Lipinski definition) is 6. The van der Waals surface area contributed by atoms with E-state index in [-0.39, 0.29) is 4.90 Å². The van der Waals surface area contributed by atoms with Gasteiger partial charge < -0.3 is 10.1 Å². The van der Waals surface area contributed by atoms with Crippen molar-refractivity contribution >= 4 is 22.0 Å². The zero-order valence-electron chi connectivity index (χ0n) is 20.5. The van der Waals surface area contributed by atoms with Gasteiger partial charge in [-0.2, -0.15) is 0 Å². The number of hydroxylamine groups is 1. The first kappa shape index (κ1) is 25.4. The van der Waals surface area contributed by atoms with Crippen LogP contribution in [-0.2, 0) is 30.9 Å². The van der Waals surface area contributed by atoms with Gasteiger partial charge in [0.1, 0.15) is 0 Å². The molecule has 37 heavy (non-hydrogen) atoms. The van der Waals surface area contributed by atoms with Crippen LogP contribution in [0.4, 0.5) is 0 Å². The normalized spacial score (nSPS) is 18.2. The minimum Gasteiger partial charge on any atom is -0.350 e. The molecule has 0 radical (unpaired) electrons. The van der Waals surface area contributed by atoms with Crippen molar-refractivity contribution < 1.29 is 22.8 Å². The first-order chi connectivity index (χ1) is 18.0. The highest BCUT2D eigenvalue weighted by molar-refractivity contribution is 7.90. The molecule has 1 aliphatic carbocycles. The maximum absolute atomic E-state index is 13.3. The molecule has 1 saturated carbocycles. The predicted octanol–water partition coefficient (Wildman–Crippen LogP) is 4.23. The molecule has 8 nitrogen and oxygen atoms in total. The Hall–Kier alpha value is -3.24. The third kappa shape index (κ3) is 6.75. The lowest BCUT2D eigenvalue weighted by atomic mass is 10.0. The SMILES string of the molecule is O=C(/C=C/c1ccn(S(=O)(=O)c2cccc(-c3ccc(CNC4CC4)cc3)c2)c1)NOC1CCCCO1. The number of aromatic nitrogens is 1. The number of carbonyl (C=O) groups is 1. The summed E-state index contributed by atoms with van der Waals surface area (Å²) in [6, 6.07) is 17.4. The summed E-state index contributed by atoms with van der Waals surface area (Å²) < 4.78 is 33.1. The van der Waals surface area contributed by atoms with Crippen LogP contribution in [0.5, 0.6) is 0 Å². The largest absolute Gasteiger partial charge is 0.350 e. The van der Waals surface area contributed by atoms with Gasteiger partial charge in [-0.1, -0.05) is 36.4 Å². The van der Waals surface area contributed by atoms with Crippen LogP contribution in [-0.4, -0.2) is 37.2 Å². The quantitative estimate of drug-likeness (QED) is 0.306. The summed E-state index contributed by atoms with van der Waals surface area (Å²) in [4.78, 5) is 17.5. The first-order valence-corrected chi connectivity index (χ1v) is 14.0. The van der Waals surface area contributed by atoms with E-state index in [2.05, 4.69) is 22.9 Å². The molecule has 1 saturated heterocycles. The van der Waals surface area contributed by atoms with Crippen molar-refractivity contribution in [1.82, 2.24) is 14.8 Å². The third-order valence-corrected chi connectivity index (χ3v) is 8.05. The number of hydrogen-bond donors (Lipinski definition) is 2. The van der Waals surface area contributed by atoms with E-state index in [0.717, 1.165) is 40.9 Å². The smallest absolute Gasteiger partial charge is 0.267 e. The molecule has 2 aliphatic rings. The lowest BCUT2D eigenvalue weighted by Crippen LogP contribution is -2.32. The molecule has 194 valence electrons.